The number of anilines is 1. The second-order valence-electron chi connectivity index (χ2n) is 7.50. The minimum atomic E-state index is -4.03. The molecule has 0 saturated carbocycles. The van der Waals surface area contributed by atoms with E-state index >= 15 is 0 Å². The fourth-order valence-corrected chi connectivity index (χ4v) is 4.89. The Bertz CT molecular complexity index is 1350. The van der Waals surface area contributed by atoms with Crippen LogP contribution < -0.4 is 10.0 Å². The number of fused-ring (bicyclic) bond motifs is 1. The maximum Gasteiger partial charge on any atom is 0.243 e. The number of carbonyl (C=O) groups excluding carboxylic acids is 1. The number of nitrogens with one attached hydrogen (secondary N) is 2. The van der Waals surface area contributed by atoms with Gasteiger partial charge < -0.3 is 5.32 Å². The van der Waals surface area contributed by atoms with Crippen LogP contribution in [-0.2, 0) is 21.2 Å². The van der Waals surface area contributed by atoms with Gasteiger partial charge >= 0.3 is 0 Å². The van der Waals surface area contributed by atoms with Gasteiger partial charge in [-0.2, -0.15) is 4.72 Å². The monoisotopic (exact) mass is 445 g/mol. The number of nitrogens with zero attached hydrogens (tertiary/aromatic N) is 1. The number of hydrogen-bond acceptors (Lipinski definition) is 4. The molecule has 1 atom stereocenters. The van der Waals surface area contributed by atoms with Gasteiger partial charge in [0, 0.05) is 17.3 Å². The Morgan fingerprint density at radius 1 is 0.906 bits per heavy atom. The summed E-state index contributed by atoms with van der Waals surface area (Å²) in [7, 11) is -4.03. The summed E-state index contributed by atoms with van der Waals surface area (Å²) in [4.78, 5) is 17.5. The first-order valence-electron chi connectivity index (χ1n) is 10.2. The summed E-state index contributed by atoms with van der Waals surface area (Å²) < 4.78 is 29.3. The highest BCUT2D eigenvalue weighted by molar-refractivity contribution is 7.89. The Labute approximate surface area is 187 Å². The van der Waals surface area contributed by atoms with Gasteiger partial charge in [0.2, 0.25) is 15.9 Å². The predicted octanol–water partition coefficient (Wildman–Crippen LogP) is 4.07. The number of para-hydroxylation sites is 2. The average Bonchev–Trinajstić information content (AvgIpc) is 2.80. The van der Waals surface area contributed by atoms with Gasteiger partial charge in [-0.3, -0.25) is 9.78 Å². The number of amides is 1. The van der Waals surface area contributed by atoms with Crippen LogP contribution in [0, 0.1) is 6.92 Å². The largest absolute Gasteiger partial charge is 0.324 e. The first-order chi connectivity index (χ1) is 15.4. The first kappa shape index (κ1) is 21.7. The van der Waals surface area contributed by atoms with Crippen LogP contribution in [0.1, 0.15) is 11.1 Å². The third kappa shape index (κ3) is 4.85. The molecule has 162 valence electrons. The highest BCUT2D eigenvalue weighted by Crippen LogP contribution is 2.22. The fourth-order valence-electron chi connectivity index (χ4n) is 3.51. The molecule has 1 heterocycles. The van der Waals surface area contributed by atoms with Crippen LogP contribution >= 0.6 is 0 Å². The van der Waals surface area contributed by atoms with Crippen molar-refractivity contribution in [2.75, 3.05) is 5.32 Å². The van der Waals surface area contributed by atoms with E-state index in [2.05, 4.69) is 15.0 Å². The number of hydrogen-bond donors (Lipinski definition) is 2. The molecule has 0 saturated heterocycles. The van der Waals surface area contributed by atoms with E-state index in [9.17, 15) is 13.2 Å². The second-order valence-corrected chi connectivity index (χ2v) is 9.18. The summed E-state index contributed by atoms with van der Waals surface area (Å²) >= 11 is 0. The van der Waals surface area contributed by atoms with Gasteiger partial charge in [0.15, 0.2) is 0 Å². The fraction of sp³-hybridized carbons (Fsp3) is 0.120. The number of aryl methyl sites for hydroxylation is 1. The van der Waals surface area contributed by atoms with Crippen LogP contribution in [0.15, 0.2) is 96.0 Å². The molecule has 0 spiro atoms. The Kier molecular flexibility index (Phi) is 6.30. The van der Waals surface area contributed by atoms with E-state index in [4.69, 9.17) is 0 Å². The van der Waals surface area contributed by atoms with Crippen molar-refractivity contribution in [3.05, 3.63) is 102 Å². The molecular weight excluding hydrogens is 422 g/mol. The lowest BCUT2D eigenvalue weighted by Gasteiger charge is -2.20. The van der Waals surface area contributed by atoms with Crippen molar-refractivity contribution < 1.29 is 13.2 Å². The molecule has 0 aliphatic heterocycles. The zero-order valence-corrected chi connectivity index (χ0v) is 18.3. The van der Waals surface area contributed by atoms with E-state index in [0.29, 0.717) is 16.6 Å². The second kappa shape index (κ2) is 9.30. The number of sulfonamides is 1. The summed E-state index contributed by atoms with van der Waals surface area (Å²) in [5.74, 6) is -0.431. The summed E-state index contributed by atoms with van der Waals surface area (Å²) in [5.41, 5.74) is 2.73. The third-order valence-electron chi connectivity index (χ3n) is 5.18. The molecule has 4 rings (SSSR count). The third-order valence-corrected chi connectivity index (χ3v) is 6.69. The van der Waals surface area contributed by atoms with Crippen molar-refractivity contribution in [2.45, 2.75) is 24.3 Å². The zero-order chi connectivity index (χ0) is 22.6. The molecule has 1 amide bonds. The van der Waals surface area contributed by atoms with Crippen molar-refractivity contribution in [1.29, 1.82) is 0 Å². The molecule has 3 aromatic carbocycles. The number of pyridine rings is 1. The molecule has 6 nitrogen and oxygen atoms in total. The van der Waals surface area contributed by atoms with Crippen LogP contribution in [0.2, 0.25) is 0 Å². The summed E-state index contributed by atoms with van der Waals surface area (Å²) in [6.07, 6.45) is 1.75. The van der Waals surface area contributed by atoms with Crippen LogP contribution in [0.4, 0.5) is 5.69 Å². The maximum absolute atomic E-state index is 13.3. The number of aromatic nitrogens is 1. The lowest BCUT2D eigenvalue weighted by molar-refractivity contribution is -0.117. The molecule has 0 radical (unpaired) electrons. The molecule has 0 bridgehead atoms. The highest BCUT2D eigenvalue weighted by atomic mass is 32.2. The molecular formula is C25H23N3O3S. The Morgan fingerprint density at radius 3 is 2.41 bits per heavy atom. The summed E-state index contributed by atoms with van der Waals surface area (Å²) in [5, 5.41) is 3.57. The van der Waals surface area contributed by atoms with Gasteiger partial charge in [-0.1, -0.05) is 66.7 Å². The van der Waals surface area contributed by atoms with Gasteiger partial charge in [-0.15, -0.1) is 0 Å². The minimum absolute atomic E-state index is 0.0392. The van der Waals surface area contributed by atoms with E-state index in [1.807, 2.05) is 55.5 Å². The van der Waals surface area contributed by atoms with E-state index in [0.717, 1.165) is 11.1 Å². The normalized spacial score (nSPS) is 12.4. The minimum Gasteiger partial charge on any atom is -0.324 e. The van der Waals surface area contributed by atoms with Gasteiger partial charge in [0.05, 0.1) is 5.52 Å². The van der Waals surface area contributed by atoms with E-state index in [1.165, 1.54) is 6.07 Å². The SMILES string of the molecule is Cc1ccccc1NC(=O)[C@@H](Cc1ccccc1)NS(=O)(=O)c1cccc2cccnc12. The topological polar surface area (TPSA) is 88.2 Å². The lowest BCUT2D eigenvalue weighted by Crippen LogP contribution is -2.45. The van der Waals surface area contributed by atoms with Crippen molar-refractivity contribution in [1.82, 2.24) is 9.71 Å². The molecule has 0 aliphatic rings. The number of rotatable bonds is 7. The van der Waals surface area contributed by atoms with Gasteiger partial charge in [0.25, 0.3) is 0 Å². The van der Waals surface area contributed by atoms with Gasteiger partial charge in [-0.25, -0.2) is 8.42 Å². The summed E-state index contributed by atoms with van der Waals surface area (Å²) in [6, 6.07) is 24.2. The van der Waals surface area contributed by atoms with Crippen molar-refractivity contribution in [3.8, 4) is 0 Å². The molecule has 32 heavy (non-hydrogen) atoms. The quantitative estimate of drug-likeness (QED) is 0.449. The molecule has 0 aliphatic carbocycles. The van der Waals surface area contributed by atoms with Crippen LogP contribution in [0.3, 0.4) is 0 Å². The number of benzene rings is 3. The van der Waals surface area contributed by atoms with Crippen LogP contribution in [0.25, 0.3) is 10.9 Å². The number of carbonyl (C=O) groups is 1. The van der Waals surface area contributed by atoms with E-state index in [-0.39, 0.29) is 11.3 Å². The highest BCUT2D eigenvalue weighted by Gasteiger charge is 2.28. The standard InChI is InChI=1S/C25H23N3O3S/c1-18-9-5-6-14-21(18)27-25(29)22(17-19-10-3-2-4-11-19)28-32(30,31)23-15-7-12-20-13-8-16-26-24(20)23/h2-16,22,28H,17H2,1H3,(H,27,29)/t22-/m1/s1. The van der Waals surface area contributed by atoms with Crippen LogP contribution in [0.5, 0.6) is 0 Å². The molecule has 7 heteroatoms. The molecule has 0 unspecified atom stereocenters. The lowest BCUT2D eigenvalue weighted by atomic mass is 10.1. The van der Waals surface area contributed by atoms with Crippen molar-refractivity contribution in [3.63, 3.8) is 0 Å². The Balaban J connectivity index is 1.67. The summed E-state index contributed by atoms with van der Waals surface area (Å²) in [6.45, 7) is 1.88. The molecule has 2 N–H and O–H groups in total. The van der Waals surface area contributed by atoms with Gasteiger partial charge in [0.1, 0.15) is 10.9 Å². The van der Waals surface area contributed by atoms with Crippen LogP contribution in [-0.4, -0.2) is 25.4 Å². The first-order valence-corrected chi connectivity index (χ1v) is 11.7. The predicted molar refractivity (Wildman–Crippen MR) is 126 cm³/mol. The average molecular weight is 446 g/mol. The smallest absolute Gasteiger partial charge is 0.243 e. The Morgan fingerprint density at radius 2 is 1.62 bits per heavy atom. The van der Waals surface area contributed by atoms with E-state index < -0.39 is 22.0 Å². The van der Waals surface area contributed by atoms with Crippen molar-refractivity contribution >= 4 is 32.5 Å². The maximum atomic E-state index is 13.3. The van der Waals surface area contributed by atoms with Crippen molar-refractivity contribution in [2.24, 2.45) is 0 Å². The Hall–Kier alpha value is -3.55. The molecule has 1 aromatic heterocycles. The van der Waals surface area contributed by atoms with E-state index in [1.54, 1.807) is 36.5 Å². The molecule has 4 aromatic rings. The molecule has 0 fully saturated rings. The van der Waals surface area contributed by atoms with Gasteiger partial charge in [-0.05, 0) is 42.7 Å². The zero-order valence-electron chi connectivity index (χ0n) is 17.5.